The Morgan fingerprint density at radius 3 is 2.31 bits per heavy atom. The van der Waals surface area contributed by atoms with Crippen LogP contribution in [0.3, 0.4) is 0 Å². The molecule has 3 aliphatic rings. The molecule has 5 rings (SSSR count). The highest BCUT2D eigenvalue weighted by atomic mass is 16.4. The zero-order valence-electron chi connectivity index (χ0n) is 16.2. The lowest BCUT2D eigenvalue weighted by Crippen LogP contribution is -2.29. The van der Waals surface area contributed by atoms with Crippen LogP contribution in [-0.2, 0) is 9.59 Å². The van der Waals surface area contributed by atoms with Gasteiger partial charge in [0, 0.05) is 34.7 Å². The van der Waals surface area contributed by atoms with Crippen LogP contribution in [0.2, 0.25) is 0 Å². The van der Waals surface area contributed by atoms with Crippen molar-refractivity contribution in [1.82, 2.24) is 0 Å². The molecule has 2 heterocycles. The number of aromatic carboxylic acids is 1. The van der Waals surface area contributed by atoms with Gasteiger partial charge < -0.3 is 14.6 Å². The fourth-order valence-corrected chi connectivity index (χ4v) is 3.86. The van der Waals surface area contributed by atoms with Gasteiger partial charge in [-0.2, -0.15) is 0 Å². The predicted molar refractivity (Wildman–Crippen MR) is 113 cm³/mol. The first-order valence-electron chi connectivity index (χ1n) is 9.45. The van der Waals surface area contributed by atoms with E-state index in [-0.39, 0.29) is 39.3 Å². The van der Waals surface area contributed by atoms with E-state index in [2.05, 4.69) is 0 Å². The molecular formula is C24H12NO7-. The molecule has 0 radical (unpaired) electrons. The number of hydrogen-bond acceptors (Lipinski definition) is 6. The Hall–Kier alpha value is -4.72. The quantitative estimate of drug-likeness (QED) is 0.394. The molecule has 0 atom stereocenters. The van der Waals surface area contributed by atoms with Gasteiger partial charge in [-0.3, -0.25) is 14.4 Å². The summed E-state index contributed by atoms with van der Waals surface area (Å²) in [7, 11) is 0. The third-order valence-corrected chi connectivity index (χ3v) is 5.24. The molecule has 32 heavy (non-hydrogen) atoms. The number of nitrogens with zero attached hydrogens (tertiary/aromatic N) is 1. The number of fused-ring (bicyclic) bond motifs is 2. The van der Waals surface area contributed by atoms with Gasteiger partial charge in [0.15, 0.2) is 5.43 Å². The van der Waals surface area contributed by atoms with E-state index >= 15 is 0 Å². The summed E-state index contributed by atoms with van der Waals surface area (Å²) in [6.07, 6.45) is 2.22. The van der Waals surface area contributed by atoms with Crippen molar-refractivity contribution in [2.24, 2.45) is 0 Å². The largest absolute Gasteiger partial charge is 0.872 e. The summed E-state index contributed by atoms with van der Waals surface area (Å²) < 4.78 is 5.75. The van der Waals surface area contributed by atoms with Crippen LogP contribution in [0.25, 0.3) is 33.4 Å². The van der Waals surface area contributed by atoms with E-state index in [1.807, 2.05) is 0 Å². The number of benzene rings is 3. The molecule has 0 bridgehead atoms. The van der Waals surface area contributed by atoms with Crippen molar-refractivity contribution in [2.75, 3.05) is 4.90 Å². The first kappa shape index (κ1) is 19.3. The monoisotopic (exact) mass is 426 g/mol. The number of rotatable bonds is 3. The fraction of sp³-hybridized carbons (Fsp3) is 0. The maximum Gasteiger partial charge on any atom is 0.336 e. The first-order valence-corrected chi connectivity index (χ1v) is 9.45. The van der Waals surface area contributed by atoms with Gasteiger partial charge in [-0.1, -0.05) is 18.2 Å². The topological polar surface area (TPSA) is 128 Å². The summed E-state index contributed by atoms with van der Waals surface area (Å²) in [6, 6.07) is 12.4. The molecule has 2 aromatic carbocycles. The summed E-state index contributed by atoms with van der Waals surface area (Å²) >= 11 is 0. The van der Waals surface area contributed by atoms with Crippen molar-refractivity contribution in [2.45, 2.75) is 0 Å². The summed E-state index contributed by atoms with van der Waals surface area (Å²) in [5, 5.41) is 22.3. The maximum atomic E-state index is 12.2. The Morgan fingerprint density at radius 1 is 0.875 bits per heavy atom. The third-order valence-electron chi connectivity index (χ3n) is 5.24. The van der Waals surface area contributed by atoms with Crippen LogP contribution in [0, 0.1) is 0 Å². The number of anilines is 1. The van der Waals surface area contributed by atoms with Gasteiger partial charge in [0.25, 0.3) is 11.8 Å². The molecule has 0 aromatic heterocycles. The van der Waals surface area contributed by atoms with E-state index in [1.165, 1.54) is 54.6 Å². The normalized spacial score (nSPS) is 13.4. The van der Waals surface area contributed by atoms with E-state index in [1.54, 1.807) is 0 Å². The highest BCUT2D eigenvalue weighted by Crippen LogP contribution is 2.42. The van der Waals surface area contributed by atoms with Crippen molar-refractivity contribution in [3.8, 4) is 28.2 Å². The second-order valence-electron chi connectivity index (χ2n) is 7.17. The molecule has 0 unspecified atom stereocenters. The minimum atomic E-state index is -1.28. The fourth-order valence-electron chi connectivity index (χ4n) is 3.86. The molecule has 2 aliphatic heterocycles. The number of carbonyl (C=O) groups is 3. The molecule has 2 aromatic rings. The molecule has 1 aliphatic carbocycles. The van der Waals surface area contributed by atoms with Crippen LogP contribution >= 0.6 is 0 Å². The molecule has 0 saturated heterocycles. The molecule has 2 amide bonds. The Labute approximate surface area is 179 Å². The highest BCUT2D eigenvalue weighted by molar-refractivity contribution is 6.28. The third kappa shape index (κ3) is 2.93. The molecule has 8 nitrogen and oxygen atoms in total. The van der Waals surface area contributed by atoms with Crippen molar-refractivity contribution in [1.29, 1.82) is 0 Å². The number of carbonyl (C=O) groups excluding carboxylic acids is 2. The Bertz CT molecular complexity index is 1510. The van der Waals surface area contributed by atoms with E-state index in [0.29, 0.717) is 16.5 Å². The van der Waals surface area contributed by atoms with E-state index < -0.39 is 17.8 Å². The predicted octanol–water partition coefficient (Wildman–Crippen LogP) is 2.77. The van der Waals surface area contributed by atoms with Crippen LogP contribution < -0.4 is 15.4 Å². The van der Waals surface area contributed by atoms with Crippen molar-refractivity contribution >= 4 is 34.4 Å². The average molecular weight is 426 g/mol. The Kier molecular flexibility index (Phi) is 4.16. The van der Waals surface area contributed by atoms with Crippen LogP contribution in [0.5, 0.6) is 5.75 Å². The lowest BCUT2D eigenvalue weighted by Gasteiger charge is -2.20. The number of imide groups is 1. The zero-order valence-corrected chi connectivity index (χ0v) is 16.2. The van der Waals surface area contributed by atoms with Gasteiger partial charge in [-0.05, 0) is 35.9 Å². The number of carboxylic acids is 1. The molecule has 0 fully saturated rings. The van der Waals surface area contributed by atoms with Crippen molar-refractivity contribution in [3.05, 3.63) is 82.5 Å². The highest BCUT2D eigenvalue weighted by Gasteiger charge is 2.28. The lowest BCUT2D eigenvalue weighted by molar-refractivity contribution is -0.268. The van der Waals surface area contributed by atoms with Gasteiger partial charge in [0.1, 0.15) is 11.3 Å². The average Bonchev–Trinajstić information content (AvgIpc) is 3.09. The van der Waals surface area contributed by atoms with Gasteiger partial charge in [0.2, 0.25) is 0 Å². The van der Waals surface area contributed by atoms with Gasteiger partial charge in [-0.25, -0.2) is 9.69 Å². The first-order chi connectivity index (χ1) is 15.3. The minimum Gasteiger partial charge on any atom is -0.872 e. The molecule has 8 heteroatoms. The zero-order chi connectivity index (χ0) is 22.6. The lowest BCUT2D eigenvalue weighted by atomic mass is 9.90. The number of amides is 2. The molecule has 0 saturated carbocycles. The van der Waals surface area contributed by atoms with E-state index in [9.17, 15) is 29.4 Å². The molecule has 156 valence electrons. The van der Waals surface area contributed by atoms with Gasteiger partial charge in [-0.15, -0.1) is 5.75 Å². The molecule has 1 N–H and O–H groups in total. The van der Waals surface area contributed by atoms with Gasteiger partial charge >= 0.3 is 5.97 Å². The van der Waals surface area contributed by atoms with Crippen LogP contribution in [0.4, 0.5) is 5.69 Å². The van der Waals surface area contributed by atoms with E-state index in [0.717, 1.165) is 17.1 Å². The second-order valence-corrected chi connectivity index (χ2v) is 7.17. The van der Waals surface area contributed by atoms with E-state index in [4.69, 9.17) is 4.42 Å². The molecular weight excluding hydrogens is 414 g/mol. The number of carboxylic acid groups (broad SMARTS) is 1. The minimum absolute atomic E-state index is 0.115. The van der Waals surface area contributed by atoms with Gasteiger partial charge in [0.05, 0.1) is 11.3 Å². The number of hydrogen-bond donors (Lipinski definition) is 1. The standard InChI is InChI=1S/C24H13NO7/c26-13-2-5-16-19(10-13)32-20-11-14(27)3-6-17(20)23(16)15-4-1-12(9-18(15)24(30)31)25-21(28)7-8-22(25)29/h1-11,26H,(H,30,31)/p-1. The maximum absolute atomic E-state index is 12.2. The smallest absolute Gasteiger partial charge is 0.336 e. The van der Waals surface area contributed by atoms with Crippen LogP contribution in [-0.4, -0.2) is 22.9 Å². The Balaban J connectivity index is 1.83. The SMILES string of the molecule is O=C(O)c1cc(N2C(=O)C=CC2=O)ccc1-c1c2ccc(=O)cc-2oc2cc([O-])ccc12. The van der Waals surface area contributed by atoms with Crippen molar-refractivity contribution in [3.63, 3.8) is 0 Å². The summed E-state index contributed by atoms with van der Waals surface area (Å²) in [5.41, 5.74) is 1.03. The van der Waals surface area contributed by atoms with Crippen LogP contribution in [0.1, 0.15) is 10.4 Å². The summed E-state index contributed by atoms with van der Waals surface area (Å²) in [5.74, 6) is -2.53. The summed E-state index contributed by atoms with van der Waals surface area (Å²) in [4.78, 5) is 49.0. The van der Waals surface area contributed by atoms with Crippen molar-refractivity contribution < 1.29 is 29.0 Å². The Morgan fingerprint density at radius 2 is 1.59 bits per heavy atom. The molecule has 0 spiro atoms. The summed E-state index contributed by atoms with van der Waals surface area (Å²) in [6.45, 7) is 0. The second kappa shape index (κ2) is 6.92. The van der Waals surface area contributed by atoms with Crippen LogP contribution in [0.15, 0.2) is 76.0 Å².